The first-order valence-electron chi connectivity index (χ1n) is 7.98. The fourth-order valence-corrected chi connectivity index (χ4v) is 2.98. The molecule has 0 spiro atoms. The zero-order valence-corrected chi connectivity index (χ0v) is 16.2. The van der Waals surface area contributed by atoms with Crippen molar-refractivity contribution >= 4 is 23.3 Å². The lowest BCUT2D eigenvalue weighted by atomic mass is 9.94. The number of carbonyl (C=O) groups is 1. The van der Waals surface area contributed by atoms with Crippen LogP contribution in [-0.2, 0) is 9.53 Å². The van der Waals surface area contributed by atoms with Gasteiger partial charge >= 0.3 is 5.97 Å². The van der Waals surface area contributed by atoms with Gasteiger partial charge in [0.15, 0.2) is 16.6 Å². The molecule has 1 atom stereocenters. The van der Waals surface area contributed by atoms with Crippen LogP contribution in [0.2, 0.25) is 0 Å². The fraction of sp³-hybridized carbons (Fsp3) is 0.444. The summed E-state index contributed by atoms with van der Waals surface area (Å²) in [6.45, 7) is 5.71. The Morgan fingerprint density at radius 3 is 2.56 bits per heavy atom. The van der Waals surface area contributed by atoms with E-state index >= 15 is 0 Å². The quantitative estimate of drug-likeness (QED) is 0.637. The van der Waals surface area contributed by atoms with Crippen molar-refractivity contribution in [2.24, 2.45) is 0 Å². The Morgan fingerprint density at radius 2 is 2.00 bits per heavy atom. The number of ether oxygens (including phenoxy) is 3. The molecule has 1 unspecified atom stereocenters. The molecule has 0 fully saturated rings. The van der Waals surface area contributed by atoms with Crippen LogP contribution in [0.15, 0.2) is 29.5 Å². The van der Waals surface area contributed by atoms with E-state index < -0.39 is 12.0 Å². The molecule has 0 amide bonds. The number of hydrogen-bond acceptors (Lipinski definition) is 5. The lowest BCUT2D eigenvalue weighted by Crippen LogP contribution is -2.46. The first-order chi connectivity index (χ1) is 11.8. The zero-order valence-electron chi connectivity index (χ0n) is 15.4. The first-order valence-corrected chi connectivity index (χ1v) is 8.39. The molecule has 25 heavy (non-hydrogen) atoms. The van der Waals surface area contributed by atoms with Gasteiger partial charge in [-0.05, 0) is 39.1 Å². The highest BCUT2D eigenvalue weighted by Crippen LogP contribution is 2.40. The van der Waals surface area contributed by atoms with E-state index in [1.807, 2.05) is 39.0 Å². The minimum Gasteiger partial charge on any atom is -0.493 e. The molecule has 0 bridgehead atoms. The highest BCUT2D eigenvalue weighted by Gasteiger charge is 2.35. The minimum absolute atomic E-state index is 0.0556. The van der Waals surface area contributed by atoms with Gasteiger partial charge in [0.2, 0.25) is 0 Å². The third-order valence-electron chi connectivity index (χ3n) is 4.05. The molecule has 0 saturated heterocycles. The van der Waals surface area contributed by atoms with Crippen molar-refractivity contribution in [2.45, 2.75) is 32.9 Å². The number of esters is 1. The molecular weight excluding hydrogens is 340 g/mol. The molecule has 1 aliphatic heterocycles. The van der Waals surface area contributed by atoms with E-state index in [2.05, 4.69) is 5.32 Å². The number of nitrogens with zero attached hydrogens (tertiary/aromatic N) is 1. The Labute approximate surface area is 153 Å². The van der Waals surface area contributed by atoms with E-state index in [4.69, 9.17) is 26.4 Å². The van der Waals surface area contributed by atoms with Crippen molar-refractivity contribution in [3.05, 3.63) is 35.0 Å². The van der Waals surface area contributed by atoms with Gasteiger partial charge in [0.1, 0.15) is 0 Å². The smallest absolute Gasteiger partial charge is 0.337 e. The second-order valence-electron chi connectivity index (χ2n) is 5.98. The molecular formula is C18H24N2O4S. The van der Waals surface area contributed by atoms with Crippen LogP contribution in [-0.4, -0.2) is 43.4 Å². The third-order valence-corrected chi connectivity index (χ3v) is 4.44. The summed E-state index contributed by atoms with van der Waals surface area (Å²) in [4.78, 5) is 14.2. The monoisotopic (exact) mass is 364 g/mol. The molecule has 1 aliphatic rings. The van der Waals surface area contributed by atoms with Crippen LogP contribution in [0.25, 0.3) is 0 Å². The summed E-state index contributed by atoms with van der Waals surface area (Å²) in [5.74, 6) is 0.765. The number of rotatable bonds is 5. The Kier molecular flexibility index (Phi) is 5.89. The van der Waals surface area contributed by atoms with Crippen LogP contribution in [0.5, 0.6) is 11.5 Å². The normalized spacial score (nSPS) is 17.5. The summed E-state index contributed by atoms with van der Waals surface area (Å²) in [6.07, 6.45) is -0.0556. The molecule has 0 radical (unpaired) electrons. The summed E-state index contributed by atoms with van der Waals surface area (Å²) in [7, 11) is 4.76. The van der Waals surface area contributed by atoms with Crippen LogP contribution in [0.4, 0.5) is 0 Å². The highest BCUT2D eigenvalue weighted by atomic mass is 32.1. The zero-order chi connectivity index (χ0) is 18.7. The molecule has 6 nitrogen and oxygen atoms in total. The third kappa shape index (κ3) is 3.71. The number of carbonyl (C=O) groups excluding carboxylic acids is 1. The molecule has 1 N–H and O–H groups in total. The Morgan fingerprint density at radius 1 is 1.32 bits per heavy atom. The maximum Gasteiger partial charge on any atom is 0.337 e. The van der Waals surface area contributed by atoms with Gasteiger partial charge in [-0.1, -0.05) is 12.1 Å². The maximum absolute atomic E-state index is 12.4. The van der Waals surface area contributed by atoms with Crippen LogP contribution >= 0.6 is 12.2 Å². The van der Waals surface area contributed by atoms with Crippen molar-refractivity contribution in [3.63, 3.8) is 0 Å². The highest BCUT2D eigenvalue weighted by molar-refractivity contribution is 7.80. The second kappa shape index (κ2) is 7.74. The number of para-hydroxylation sites is 1. The van der Waals surface area contributed by atoms with Crippen molar-refractivity contribution in [3.8, 4) is 11.5 Å². The van der Waals surface area contributed by atoms with E-state index in [9.17, 15) is 4.79 Å². The molecule has 136 valence electrons. The number of hydrogen-bond donors (Lipinski definition) is 1. The van der Waals surface area contributed by atoms with Crippen LogP contribution in [0, 0.1) is 0 Å². The summed E-state index contributed by atoms with van der Waals surface area (Å²) < 4.78 is 16.4. The number of allylic oxidation sites excluding steroid dienone is 1. The standard InChI is InChI=1S/C18H24N2O4S/c1-10(2)24-16-12(8-7-9-13(16)22-5)15-14(17(21)23-6)11(3)20(4)18(25)19-15/h7-10,15H,1-6H3,(H,19,25). The predicted octanol–water partition coefficient (Wildman–Crippen LogP) is 2.79. The summed E-state index contributed by atoms with van der Waals surface area (Å²) in [6, 6.07) is 5.08. The van der Waals surface area contributed by atoms with Crippen molar-refractivity contribution in [1.82, 2.24) is 10.2 Å². The summed E-state index contributed by atoms with van der Waals surface area (Å²) in [5.41, 5.74) is 1.99. The lowest BCUT2D eigenvalue weighted by Gasteiger charge is -2.36. The van der Waals surface area contributed by atoms with Gasteiger partial charge in [-0.25, -0.2) is 4.79 Å². The average molecular weight is 364 g/mol. The van der Waals surface area contributed by atoms with Crippen LogP contribution in [0.1, 0.15) is 32.4 Å². The number of thiocarbonyl (C=S) groups is 1. The predicted molar refractivity (Wildman–Crippen MR) is 99.7 cm³/mol. The van der Waals surface area contributed by atoms with E-state index in [1.165, 1.54) is 7.11 Å². The van der Waals surface area contributed by atoms with Gasteiger partial charge in [-0.15, -0.1) is 0 Å². The molecule has 2 rings (SSSR count). The molecule has 0 saturated carbocycles. The molecule has 1 aromatic rings. The van der Waals surface area contributed by atoms with Crippen molar-refractivity contribution in [2.75, 3.05) is 21.3 Å². The van der Waals surface area contributed by atoms with Gasteiger partial charge in [0.25, 0.3) is 0 Å². The van der Waals surface area contributed by atoms with Crippen LogP contribution in [0.3, 0.4) is 0 Å². The summed E-state index contributed by atoms with van der Waals surface area (Å²) >= 11 is 5.41. The molecule has 1 aromatic carbocycles. The Balaban J connectivity index is 2.66. The summed E-state index contributed by atoms with van der Waals surface area (Å²) in [5, 5.41) is 3.73. The van der Waals surface area contributed by atoms with Gasteiger partial charge in [-0.3, -0.25) is 0 Å². The molecule has 7 heteroatoms. The van der Waals surface area contributed by atoms with Crippen molar-refractivity contribution < 1.29 is 19.0 Å². The van der Waals surface area contributed by atoms with E-state index in [-0.39, 0.29) is 6.10 Å². The first kappa shape index (κ1) is 19.1. The molecule has 0 aromatic heterocycles. The number of nitrogens with one attached hydrogen (secondary N) is 1. The molecule has 0 aliphatic carbocycles. The van der Waals surface area contributed by atoms with Gasteiger partial charge in [-0.2, -0.15) is 0 Å². The molecule has 1 heterocycles. The Bertz CT molecular complexity index is 715. The van der Waals surface area contributed by atoms with Crippen LogP contribution < -0.4 is 14.8 Å². The largest absolute Gasteiger partial charge is 0.493 e. The maximum atomic E-state index is 12.4. The number of methoxy groups -OCH3 is 2. The second-order valence-corrected chi connectivity index (χ2v) is 6.36. The average Bonchev–Trinajstić information content (AvgIpc) is 2.58. The van der Waals surface area contributed by atoms with Gasteiger partial charge in [0, 0.05) is 18.3 Å². The van der Waals surface area contributed by atoms with E-state index in [0.717, 1.165) is 11.3 Å². The van der Waals surface area contributed by atoms with E-state index in [0.29, 0.717) is 22.2 Å². The van der Waals surface area contributed by atoms with Crippen molar-refractivity contribution in [1.29, 1.82) is 0 Å². The fourth-order valence-electron chi connectivity index (χ4n) is 2.73. The Hall–Kier alpha value is -2.28. The number of benzene rings is 1. The van der Waals surface area contributed by atoms with Gasteiger partial charge < -0.3 is 24.4 Å². The minimum atomic E-state index is -0.486. The van der Waals surface area contributed by atoms with Gasteiger partial charge in [0.05, 0.1) is 31.9 Å². The topological polar surface area (TPSA) is 60.0 Å². The lowest BCUT2D eigenvalue weighted by molar-refractivity contribution is -0.136. The van der Waals surface area contributed by atoms with E-state index in [1.54, 1.807) is 19.1 Å². The SMILES string of the molecule is COC(=O)C1=C(C)N(C)C(=S)NC1c1cccc(OC)c1OC(C)C.